The van der Waals surface area contributed by atoms with Crippen LogP contribution in [0.25, 0.3) is 0 Å². The summed E-state index contributed by atoms with van der Waals surface area (Å²) >= 11 is 0. The summed E-state index contributed by atoms with van der Waals surface area (Å²) in [7, 11) is 0. The normalized spacial score (nSPS) is 33.5. The first kappa shape index (κ1) is 32.8. The molecule has 0 aromatic heterocycles. The van der Waals surface area contributed by atoms with Crippen LogP contribution in [0.2, 0.25) is 0 Å². The molecule has 230 valence electrons. The largest absolute Gasteiger partial charge is 0.463 e. The Kier molecular flexibility index (Phi) is 12.4. The summed E-state index contributed by atoms with van der Waals surface area (Å²) in [6, 6.07) is 8.93. The Hall–Kier alpha value is -2.73. The Bertz CT molecular complexity index is 990. The fourth-order valence-corrected chi connectivity index (χ4v) is 4.00. The number of rotatable bonds is 12. The van der Waals surface area contributed by atoms with E-state index in [1.54, 1.807) is 31.2 Å². The van der Waals surface area contributed by atoms with Gasteiger partial charge in [0.25, 0.3) is 0 Å². The van der Waals surface area contributed by atoms with Gasteiger partial charge in [-0.05, 0) is 5.56 Å². The maximum atomic E-state index is 12.1. The van der Waals surface area contributed by atoms with Crippen molar-refractivity contribution in [2.45, 2.75) is 94.2 Å². The Balaban J connectivity index is 1.50. The Labute approximate surface area is 235 Å². The van der Waals surface area contributed by atoms with E-state index in [0.29, 0.717) is 0 Å². The van der Waals surface area contributed by atoms with Crippen molar-refractivity contribution in [1.82, 2.24) is 0 Å². The molecule has 0 spiro atoms. The highest BCUT2D eigenvalue weighted by Crippen LogP contribution is 2.28. The van der Waals surface area contributed by atoms with Crippen molar-refractivity contribution in [2.75, 3.05) is 13.2 Å². The minimum Gasteiger partial charge on any atom is -0.463 e. The van der Waals surface area contributed by atoms with Gasteiger partial charge in [-0.15, -0.1) is 0 Å². The number of benzene rings is 1. The van der Waals surface area contributed by atoms with E-state index in [9.17, 15) is 45.0 Å². The maximum Gasteiger partial charge on any atom is 0.306 e. The van der Waals surface area contributed by atoms with E-state index in [1.165, 1.54) is 0 Å². The van der Waals surface area contributed by atoms with Crippen molar-refractivity contribution >= 4 is 17.9 Å². The van der Waals surface area contributed by atoms with Crippen LogP contribution in [-0.2, 0) is 49.4 Å². The van der Waals surface area contributed by atoms with E-state index in [2.05, 4.69) is 0 Å². The Morgan fingerprint density at radius 1 is 0.659 bits per heavy atom. The molecule has 2 aliphatic heterocycles. The first-order valence-electron chi connectivity index (χ1n) is 13.1. The van der Waals surface area contributed by atoms with Gasteiger partial charge in [0.1, 0.15) is 68.7 Å². The van der Waals surface area contributed by atoms with Crippen molar-refractivity contribution in [3.63, 3.8) is 0 Å². The fourth-order valence-electron chi connectivity index (χ4n) is 4.00. The highest BCUT2D eigenvalue weighted by Gasteiger charge is 2.50. The molecule has 1 aromatic carbocycles. The average molecular weight is 589 g/mol. The van der Waals surface area contributed by atoms with Crippen molar-refractivity contribution in [2.24, 2.45) is 0 Å². The summed E-state index contributed by atoms with van der Waals surface area (Å²) in [6.45, 7) is 0.499. The molecule has 2 aliphatic rings. The SMILES string of the molecule is CCC(=O)OC[C@H]1O[C@H](O[C@H]2O[C@H](COC(=O)CCC(=O)OCc3ccccc3)[C@@H](O)[C@H](O)[C@H]2O)[C@H](O)[C@@H](O)[C@@H]1O. The van der Waals surface area contributed by atoms with Crippen molar-refractivity contribution in [3.8, 4) is 0 Å². The second-order valence-electron chi connectivity index (χ2n) is 9.53. The molecule has 2 saturated heterocycles. The molecule has 15 heteroatoms. The van der Waals surface area contributed by atoms with E-state index >= 15 is 0 Å². The van der Waals surface area contributed by atoms with Gasteiger partial charge in [0.05, 0.1) is 12.8 Å². The number of hydrogen-bond acceptors (Lipinski definition) is 15. The zero-order valence-corrected chi connectivity index (χ0v) is 22.3. The zero-order valence-electron chi connectivity index (χ0n) is 22.3. The van der Waals surface area contributed by atoms with Gasteiger partial charge < -0.3 is 59.1 Å². The molecule has 0 aliphatic carbocycles. The van der Waals surface area contributed by atoms with Crippen LogP contribution in [0.1, 0.15) is 31.7 Å². The van der Waals surface area contributed by atoms with E-state index in [4.69, 9.17) is 28.4 Å². The lowest BCUT2D eigenvalue weighted by molar-refractivity contribution is -0.376. The third-order valence-electron chi connectivity index (χ3n) is 6.49. The maximum absolute atomic E-state index is 12.1. The second-order valence-corrected chi connectivity index (χ2v) is 9.53. The summed E-state index contributed by atoms with van der Waals surface area (Å²) in [5.74, 6) is -2.07. The first-order valence-corrected chi connectivity index (χ1v) is 13.1. The van der Waals surface area contributed by atoms with Crippen molar-refractivity contribution in [3.05, 3.63) is 35.9 Å². The molecule has 0 unspecified atom stereocenters. The van der Waals surface area contributed by atoms with Crippen LogP contribution in [0, 0.1) is 0 Å². The first-order chi connectivity index (χ1) is 19.5. The number of aliphatic hydroxyl groups excluding tert-OH is 6. The third-order valence-corrected chi connectivity index (χ3v) is 6.49. The van der Waals surface area contributed by atoms with Gasteiger partial charge in [-0.25, -0.2) is 0 Å². The predicted molar refractivity (Wildman–Crippen MR) is 132 cm³/mol. The van der Waals surface area contributed by atoms with Gasteiger partial charge in [0.15, 0.2) is 12.6 Å². The highest BCUT2D eigenvalue weighted by atomic mass is 16.8. The predicted octanol–water partition coefficient (Wildman–Crippen LogP) is -2.36. The van der Waals surface area contributed by atoms with Crippen LogP contribution in [-0.4, -0.2) is 123 Å². The zero-order chi connectivity index (χ0) is 30.1. The van der Waals surface area contributed by atoms with Crippen LogP contribution < -0.4 is 0 Å². The summed E-state index contributed by atoms with van der Waals surface area (Å²) in [5, 5.41) is 61.6. The van der Waals surface area contributed by atoms with Crippen LogP contribution in [0.5, 0.6) is 0 Å². The highest BCUT2D eigenvalue weighted by molar-refractivity contribution is 5.77. The molecule has 0 bridgehead atoms. The van der Waals surface area contributed by atoms with Crippen molar-refractivity contribution in [1.29, 1.82) is 0 Å². The minimum atomic E-state index is -1.87. The van der Waals surface area contributed by atoms with Gasteiger partial charge in [-0.3, -0.25) is 14.4 Å². The van der Waals surface area contributed by atoms with Gasteiger partial charge in [0.2, 0.25) is 0 Å². The molecule has 0 saturated carbocycles. The second kappa shape index (κ2) is 15.5. The summed E-state index contributed by atoms with van der Waals surface area (Å²) in [4.78, 5) is 35.5. The number of carbonyl (C=O) groups excluding carboxylic acids is 3. The average Bonchev–Trinajstić information content (AvgIpc) is 2.98. The van der Waals surface area contributed by atoms with Crippen LogP contribution >= 0.6 is 0 Å². The van der Waals surface area contributed by atoms with Gasteiger partial charge in [-0.2, -0.15) is 0 Å². The van der Waals surface area contributed by atoms with E-state index in [-0.39, 0.29) is 25.9 Å². The summed E-state index contributed by atoms with van der Waals surface area (Å²) < 4.78 is 31.3. The molecule has 0 amide bonds. The Morgan fingerprint density at radius 2 is 1.12 bits per heavy atom. The number of ether oxygens (including phenoxy) is 6. The number of carbonyl (C=O) groups is 3. The Morgan fingerprint density at radius 3 is 1.61 bits per heavy atom. The van der Waals surface area contributed by atoms with Crippen LogP contribution in [0.3, 0.4) is 0 Å². The summed E-state index contributed by atoms with van der Waals surface area (Å²) in [6.07, 6.45) is -17.5. The molecule has 1 aromatic rings. The molecule has 15 nitrogen and oxygen atoms in total. The van der Waals surface area contributed by atoms with E-state index in [1.807, 2.05) is 6.07 Å². The van der Waals surface area contributed by atoms with Crippen molar-refractivity contribution < 1.29 is 73.4 Å². The lowest BCUT2D eigenvalue weighted by atomic mass is 9.98. The molecule has 41 heavy (non-hydrogen) atoms. The van der Waals surface area contributed by atoms with Gasteiger partial charge in [0, 0.05) is 6.42 Å². The number of esters is 3. The number of aliphatic hydroxyl groups is 6. The third kappa shape index (κ3) is 9.13. The lowest BCUT2D eigenvalue weighted by Crippen LogP contribution is -2.64. The molecular formula is C26H36O15. The van der Waals surface area contributed by atoms with E-state index < -0.39 is 92.5 Å². The van der Waals surface area contributed by atoms with Gasteiger partial charge in [-0.1, -0.05) is 37.3 Å². The molecule has 2 fully saturated rings. The van der Waals surface area contributed by atoms with Gasteiger partial charge >= 0.3 is 17.9 Å². The quantitative estimate of drug-likeness (QED) is 0.111. The topological polar surface area (TPSA) is 228 Å². The molecule has 6 N–H and O–H groups in total. The monoisotopic (exact) mass is 588 g/mol. The molecule has 10 atom stereocenters. The van der Waals surface area contributed by atoms with E-state index in [0.717, 1.165) is 5.56 Å². The smallest absolute Gasteiger partial charge is 0.306 e. The van der Waals surface area contributed by atoms with Crippen LogP contribution in [0.15, 0.2) is 30.3 Å². The van der Waals surface area contributed by atoms with Crippen LogP contribution in [0.4, 0.5) is 0 Å². The molecule has 3 rings (SSSR count). The number of hydrogen-bond donors (Lipinski definition) is 6. The molecule has 0 radical (unpaired) electrons. The molecule has 2 heterocycles. The summed E-state index contributed by atoms with van der Waals surface area (Å²) in [5.41, 5.74) is 0.775. The fraction of sp³-hybridized carbons (Fsp3) is 0.654. The molecular weight excluding hydrogens is 552 g/mol. The lowest BCUT2D eigenvalue weighted by Gasteiger charge is -2.44. The standard InChI is InChI=1S/C26H36O15/c1-2-16(27)37-11-14-19(30)21(32)23(34)25(39-14)41-26-24(35)22(33)20(31)15(40-26)12-38-18(29)9-8-17(28)36-10-13-6-4-3-5-7-13/h3-7,14-15,19-26,30-35H,2,8-12H2,1H3/t14-,15-,19-,20-,21+,22+,23-,24-,25-,26-/m1/s1. The minimum absolute atomic E-state index is 0.0401.